The van der Waals surface area contributed by atoms with Gasteiger partial charge in [-0.05, 0) is 54.4 Å². The van der Waals surface area contributed by atoms with Crippen molar-refractivity contribution in [3.63, 3.8) is 0 Å². The van der Waals surface area contributed by atoms with Crippen molar-refractivity contribution >= 4 is 44.9 Å². The van der Waals surface area contributed by atoms with E-state index in [9.17, 15) is 9.59 Å². The number of para-hydroxylation sites is 1. The van der Waals surface area contributed by atoms with Gasteiger partial charge in [0.1, 0.15) is 17.2 Å². The lowest BCUT2D eigenvalue weighted by atomic mass is 10.1. The smallest absolute Gasteiger partial charge is 0.274 e. The van der Waals surface area contributed by atoms with Crippen LogP contribution in [0.4, 0.5) is 15.2 Å². The molecular weight excluding hydrogens is 557 g/mol. The number of benzene rings is 3. The van der Waals surface area contributed by atoms with Crippen LogP contribution in [0.5, 0.6) is 11.5 Å². The van der Waals surface area contributed by atoms with Crippen LogP contribution in [-0.4, -0.2) is 56.2 Å². The number of methoxy groups -OCH3 is 2. The first kappa shape index (κ1) is 28.6. The third kappa shape index (κ3) is 5.91. The van der Waals surface area contributed by atoms with Gasteiger partial charge < -0.3 is 24.3 Å². The zero-order chi connectivity index (χ0) is 29.8. The maximum atomic E-state index is 15.3. The number of ether oxygens (including phenoxy) is 2. The van der Waals surface area contributed by atoms with Gasteiger partial charge in [-0.2, -0.15) is 0 Å². The molecule has 0 radical (unpaired) electrons. The average molecular weight is 588 g/mol. The average Bonchev–Trinajstić information content (AvgIpc) is 3.62. The number of anilines is 2. The van der Waals surface area contributed by atoms with Gasteiger partial charge >= 0.3 is 0 Å². The maximum Gasteiger partial charge on any atom is 0.274 e. The molecule has 0 bridgehead atoms. The number of nitrogens with zero attached hydrogens (tertiary/aromatic N) is 3. The molecule has 2 aromatic heterocycles. The van der Waals surface area contributed by atoms with E-state index in [2.05, 4.69) is 15.6 Å². The number of halogens is 1. The lowest BCUT2D eigenvalue weighted by molar-refractivity contribution is 0.0948. The number of nitrogens with one attached hydrogen (secondary N) is 2. The Morgan fingerprint density at radius 3 is 2.50 bits per heavy atom. The largest absolute Gasteiger partial charge is 0.493 e. The highest BCUT2D eigenvalue weighted by Gasteiger charge is 2.21. The molecule has 0 aliphatic heterocycles. The van der Waals surface area contributed by atoms with E-state index >= 15 is 4.39 Å². The second-order valence-electron chi connectivity index (χ2n) is 9.64. The molecule has 0 unspecified atom stereocenters. The minimum atomic E-state index is -0.475. The highest BCUT2D eigenvalue weighted by molar-refractivity contribution is 7.14. The molecule has 0 saturated heterocycles. The molecule has 2 heterocycles. The van der Waals surface area contributed by atoms with Crippen molar-refractivity contribution in [1.29, 1.82) is 0 Å². The maximum absolute atomic E-state index is 15.3. The van der Waals surface area contributed by atoms with E-state index in [0.717, 1.165) is 22.3 Å². The Kier molecular flexibility index (Phi) is 8.39. The predicted octanol–water partition coefficient (Wildman–Crippen LogP) is 5.53. The van der Waals surface area contributed by atoms with E-state index in [0.29, 0.717) is 35.7 Å². The van der Waals surface area contributed by atoms with Crippen molar-refractivity contribution < 1.29 is 23.5 Å². The topological polar surface area (TPSA) is 97.7 Å². The van der Waals surface area contributed by atoms with Crippen molar-refractivity contribution in [2.45, 2.75) is 6.42 Å². The zero-order valence-corrected chi connectivity index (χ0v) is 24.4. The molecule has 5 aromatic rings. The summed E-state index contributed by atoms with van der Waals surface area (Å²) in [6.45, 7) is 0.381. The number of carbonyl (C=O) groups is 2. The Balaban J connectivity index is 1.30. The normalized spacial score (nSPS) is 10.9. The van der Waals surface area contributed by atoms with Gasteiger partial charge in [0, 0.05) is 37.1 Å². The van der Waals surface area contributed by atoms with Crippen LogP contribution in [0.15, 0.2) is 72.1 Å². The Bertz CT molecular complexity index is 1760. The van der Waals surface area contributed by atoms with Gasteiger partial charge in [-0.1, -0.05) is 24.3 Å². The van der Waals surface area contributed by atoms with Crippen LogP contribution in [0.2, 0.25) is 0 Å². The lowest BCUT2D eigenvalue weighted by Gasteiger charge is -2.16. The van der Waals surface area contributed by atoms with Crippen molar-refractivity contribution in [3.05, 3.63) is 94.9 Å². The summed E-state index contributed by atoms with van der Waals surface area (Å²) in [4.78, 5) is 32.3. The summed E-state index contributed by atoms with van der Waals surface area (Å²) in [7, 11) is 6.81. The number of fused-ring (bicyclic) bond motifs is 1. The van der Waals surface area contributed by atoms with Crippen molar-refractivity contribution in [1.82, 2.24) is 14.9 Å². The Morgan fingerprint density at radius 1 is 0.976 bits per heavy atom. The summed E-state index contributed by atoms with van der Waals surface area (Å²) in [5, 5.41) is 8.24. The predicted molar refractivity (Wildman–Crippen MR) is 163 cm³/mol. The van der Waals surface area contributed by atoms with Crippen LogP contribution >= 0.6 is 11.3 Å². The molecule has 42 heavy (non-hydrogen) atoms. The number of aromatic nitrogens is 2. The van der Waals surface area contributed by atoms with E-state index in [1.165, 1.54) is 6.07 Å². The van der Waals surface area contributed by atoms with Gasteiger partial charge in [-0.15, -0.1) is 11.3 Å². The number of carbonyl (C=O) groups excluding carboxylic acids is 2. The fourth-order valence-corrected chi connectivity index (χ4v) is 5.27. The first-order valence-electron chi connectivity index (χ1n) is 13.1. The first-order valence-corrected chi connectivity index (χ1v) is 14.0. The number of hydrogen-bond donors (Lipinski definition) is 2. The molecule has 0 fully saturated rings. The van der Waals surface area contributed by atoms with Gasteiger partial charge in [-0.3, -0.25) is 14.9 Å². The summed E-state index contributed by atoms with van der Waals surface area (Å²) in [5.74, 6) is -0.0389. The second kappa shape index (κ2) is 12.3. The number of thiazole rings is 1. The number of hydrogen-bond acceptors (Lipinski definition) is 7. The number of rotatable bonds is 10. The van der Waals surface area contributed by atoms with Crippen molar-refractivity contribution in [2.75, 3.05) is 45.1 Å². The molecule has 0 atom stereocenters. The van der Waals surface area contributed by atoms with Gasteiger partial charge in [0.05, 0.1) is 25.4 Å². The van der Waals surface area contributed by atoms with Gasteiger partial charge in [0.15, 0.2) is 16.6 Å². The van der Waals surface area contributed by atoms with Gasteiger partial charge in [0.2, 0.25) is 0 Å². The summed E-state index contributed by atoms with van der Waals surface area (Å²) >= 11 is 1.13. The van der Waals surface area contributed by atoms with Crippen LogP contribution in [-0.2, 0) is 6.42 Å². The molecule has 11 heteroatoms. The van der Waals surface area contributed by atoms with Gasteiger partial charge in [-0.25, -0.2) is 9.37 Å². The fraction of sp³-hybridized carbons (Fsp3) is 0.194. The molecule has 2 N–H and O–H groups in total. The fourth-order valence-electron chi connectivity index (χ4n) is 4.58. The highest BCUT2D eigenvalue weighted by Crippen LogP contribution is 2.30. The third-order valence-corrected chi connectivity index (χ3v) is 7.49. The minimum Gasteiger partial charge on any atom is -0.493 e. The third-order valence-electron chi connectivity index (χ3n) is 6.74. The first-order chi connectivity index (χ1) is 20.3. The Morgan fingerprint density at radius 2 is 1.76 bits per heavy atom. The monoisotopic (exact) mass is 587 g/mol. The SMILES string of the molecule is COc1ccc(CCNC(=O)c2csc(NC(=O)c3cc4ccccc4n3-c3ccc(N(C)C)cc3F)n2)cc1OC. The molecule has 216 valence electrons. The van der Waals surface area contributed by atoms with E-state index in [1.54, 1.807) is 47.3 Å². The molecule has 0 saturated carbocycles. The summed E-state index contributed by atoms with van der Waals surface area (Å²) in [5.41, 5.74) is 3.05. The van der Waals surface area contributed by atoms with Crippen LogP contribution in [0, 0.1) is 5.82 Å². The molecular formula is C31H30FN5O4S. The van der Waals surface area contributed by atoms with E-state index in [-0.39, 0.29) is 28.1 Å². The second-order valence-corrected chi connectivity index (χ2v) is 10.5. The molecule has 5 rings (SSSR count). The Labute approximate surface area is 246 Å². The van der Waals surface area contributed by atoms with Crippen molar-refractivity contribution in [2.24, 2.45) is 0 Å². The standard InChI is InChI=1S/C31H30FN5O4S/c1-36(2)21-10-11-25(22(32)17-21)37-24-8-6-5-7-20(24)16-26(37)30(39)35-31-34-23(18-42-31)29(38)33-14-13-19-9-12-27(40-3)28(15-19)41-4/h5-12,15-18H,13-14H2,1-4H3,(H,33,38)(H,34,35,39). The molecule has 2 amide bonds. The van der Waals surface area contributed by atoms with E-state index in [1.807, 2.05) is 56.6 Å². The van der Waals surface area contributed by atoms with Crippen LogP contribution in [0.1, 0.15) is 26.5 Å². The number of amides is 2. The van der Waals surface area contributed by atoms with Crippen LogP contribution in [0.25, 0.3) is 16.6 Å². The zero-order valence-electron chi connectivity index (χ0n) is 23.6. The molecule has 0 aliphatic rings. The minimum absolute atomic E-state index is 0.188. The summed E-state index contributed by atoms with van der Waals surface area (Å²) in [6, 6.07) is 19.6. The van der Waals surface area contributed by atoms with Crippen molar-refractivity contribution in [3.8, 4) is 17.2 Å². The summed E-state index contributed by atoms with van der Waals surface area (Å²) < 4.78 is 27.5. The van der Waals surface area contributed by atoms with E-state index < -0.39 is 11.7 Å². The lowest BCUT2D eigenvalue weighted by Crippen LogP contribution is -2.26. The summed E-state index contributed by atoms with van der Waals surface area (Å²) in [6.07, 6.45) is 0.580. The quantitative estimate of drug-likeness (QED) is 0.223. The van der Waals surface area contributed by atoms with Crippen LogP contribution < -0.4 is 25.0 Å². The molecule has 0 aliphatic carbocycles. The van der Waals surface area contributed by atoms with E-state index in [4.69, 9.17) is 9.47 Å². The molecule has 3 aromatic carbocycles. The van der Waals surface area contributed by atoms with Gasteiger partial charge in [0.25, 0.3) is 11.8 Å². The Hall–Kier alpha value is -4.90. The highest BCUT2D eigenvalue weighted by atomic mass is 32.1. The molecule has 9 nitrogen and oxygen atoms in total. The van der Waals surface area contributed by atoms with Crippen LogP contribution in [0.3, 0.4) is 0 Å². The molecule has 0 spiro atoms.